The van der Waals surface area contributed by atoms with E-state index in [9.17, 15) is 8.60 Å². The van der Waals surface area contributed by atoms with E-state index in [1.54, 1.807) is 35.1 Å². The van der Waals surface area contributed by atoms with Gasteiger partial charge in [-0.25, -0.2) is 23.6 Å². The van der Waals surface area contributed by atoms with Crippen LogP contribution in [0, 0.1) is 12.0 Å². The van der Waals surface area contributed by atoms with Crippen molar-refractivity contribution in [3.63, 3.8) is 0 Å². The van der Waals surface area contributed by atoms with Crippen molar-refractivity contribution in [1.82, 2.24) is 29.8 Å². The molecule has 0 bridgehead atoms. The van der Waals surface area contributed by atoms with Crippen molar-refractivity contribution in [3.8, 4) is 0 Å². The Morgan fingerprint density at radius 3 is 2.43 bits per heavy atom. The van der Waals surface area contributed by atoms with E-state index in [0.29, 0.717) is 49.0 Å². The number of piperazine rings is 1. The van der Waals surface area contributed by atoms with E-state index in [2.05, 4.69) is 39.3 Å². The van der Waals surface area contributed by atoms with Gasteiger partial charge in [0.25, 0.3) is 5.35 Å². The minimum atomic E-state index is -2.34. The molecule has 0 aliphatic carbocycles. The molecule has 2 aliphatic heterocycles. The van der Waals surface area contributed by atoms with E-state index in [-0.39, 0.29) is 11.7 Å². The van der Waals surface area contributed by atoms with Crippen molar-refractivity contribution in [2.75, 3.05) is 36.0 Å². The van der Waals surface area contributed by atoms with E-state index in [1.165, 1.54) is 24.7 Å². The molecule has 1 fully saturated rings. The monoisotopic (exact) mass is 590 g/mol. The number of benzene rings is 1. The van der Waals surface area contributed by atoms with Crippen LogP contribution in [-0.2, 0) is 18.0 Å². The summed E-state index contributed by atoms with van der Waals surface area (Å²) < 4.78 is 56.0. The molecule has 2 aliphatic rings. The number of fused-ring (bicyclic) bond motifs is 1. The largest absolute Gasteiger partial charge is 0.347 e. The second-order valence-electron chi connectivity index (χ2n) is 11.0. The lowest BCUT2D eigenvalue weighted by Gasteiger charge is -2.34. The maximum atomic E-state index is 13.6. The summed E-state index contributed by atoms with van der Waals surface area (Å²) in [7, 11) is -1.54. The fraction of sp³-hybridized carbons (Fsp3) is 0.345. The highest BCUT2D eigenvalue weighted by atomic mass is 32.2. The summed E-state index contributed by atoms with van der Waals surface area (Å²) in [5, 5.41) is 9.20. The predicted molar refractivity (Wildman–Crippen MR) is 158 cm³/mol. The van der Waals surface area contributed by atoms with Gasteiger partial charge in [-0.15, -0.1) is 0 Å². The van der Waals surface area contributed by atoms with Gasteiger partial charge in [-0.05, 0) is 45.0 Å². The maximum absolute atomic E-state index is 13.6. The highest BCUT2D eigenvalue weighted by Gasteiger charge is 2.28. The van der Waals surface area contributed by atoms with Crippen LogP contribution in [0.5, 0.6) is 0 Å². The first-order chi connectivity index (χ1) is 21.4. The smallest absolute Gasteiger partial charge is 0.277 e. The summed E-state index contributed by atoms with van der Waals surface area (Å²) >= 11 is 0. The van der Waals surface area contributed by atoms with Crippen LogP contribution < -0.4 is 19.5 Å². The van der Waals surface area contributed by atoms with Gasteiger partial charge in [0.15, 0.2) is 12.5 Å². The number of aryl methyl sites for hydroxylation is 1. The molecule has 42 heavy (non-hydrogen) atoms. The second kappa shape index (κ2) is 11.1. The molecule has 1 aromatic carbocycles. The van der Waals surface area contributed by atoms with Gasteiger partial charge in [0, 0.05) is 83.7 Å². The zero-order valence-corrected chi connectivity index (χ0v) is 24.2. The summed E-state index contributed by atoms with van der Waals surface area (Å²) in [5.74, 6) is 0.788. The molecule has 0 amide bonds. The second-order valence-corrected chi connectivity index (χ2v) is 12.9. The Hall–Kier alpha value is -4.39. The number of hydrogen-bond acceptors (Lipinski definition) is 8. The Kier molecular flexibility index (Phi) is 6.42. The molecule has 216 valence electrons. The van der Waals surface area contributed by atoms with Crippen molar-refractivity contribution < 1.29 is 17.1 Å². The summed E-state index contributed by atoms with van der Waals surface area (Å²) in [6.45, 7) is 5.81. The van der Waals surface area contributed by atoms with Crippen LogP contribution >= 0.6 is 0 Å². The normalized spacial score (nSPS) is 19.3. The molecule has 2 atom stereocenters. The van der Waals surface area contributed by atoms with E-state index in [1.807, 2.05) is 33.1 Å². The highest BCUT2D eigenvalue weighted by Crippen LogP contribution is 2.21. The third-order valence-corrected chi connectivity index (χ3v) is 8.44. The fourth-order valence-corrected chi connectivity index (χ4v) is 5.41. The van der Waals surface area contributed by atoms with Crippen molar-refractivity contribution >= 4 is 34.5 Å². The summed E-state index contributed by atoms with van der Waals surface area (Å²) in [6, 6.07) is 5.89. The van der Waals surface area contributed by atoms with E-state index in [0.717, 1.165) is 21.4 Å². The molecule has 1 saturated heterocycles. The molecule has 3 aromatic heterocycles. The lowest BCUT2D eigenvalue weighted by Crippen LogP contribution is -2.51. The van der Waals surface area contributed by atoms with E-state index >= 15 is 0 Å². The Balaban J connectivity index is 1.18. The molecule has 0 saturated carbocycles. The molecule has 13 heteroatoms. The molecule has 4 aromatic rings. The van der Waals surface area contributed by atoms with Gasteiger partial charge in [0.2, 0.25) is 11.8 Å². The molecule has 5 heterocycles. The first-order valence-electron chi connectivity index (χ1n) is 15.0. The number of anilines is 2. The molecular weight excluding hydrogens is 555 g/mol. The van der Waals surface area contributed by atoms with Gasteiger partial charge in [-0.2, -0.15) is 9.50 Å². The van der Waals surface area contributed by atoms with Crippen molar-refractivity contribution in [1.29, 1.82) is 0 Å². The van der Waals surface area contributed by atoms with Crippen LogP contribution in [0.25, 0.3) is 6.08 Å². The molecule has 1 unspecified atom stereocenters. The molecule has 6 rings (SSSR count). The zero-order chi connectivity index (χ0) is 31.9. The van der Waals surface area contributed by atoms with Gasteiger partial charge >= 0.3 is 0 Å². The van der Waals surface area contributed by atoms with Crippen LogP contribution in [0.1, 0.15) is 47.5 Å². The Morgan fingerprint density at radius 2 is 1.76 bits per heavy atom. The van der Waals surface area contributed by atoms with Gasteiger partial charge in [0.05, 0.1) is 22.6 Å². The zero-order valence-electron chi connectivity index (χ0n) is 26.4. The number of rotatable bonds is 6. The van der Waals surface area contributed by atoms with Crippen LogP contribution in [0.4, 0.5) is 16.2 Å². The standard InChI is InChI=1S/C29H32FN10OS/c1-29(2,3)42(41)36-26(20-5-7-24(30)8-6-20)22-14-31-28(32-15-22)39-11-9-38(10-12-39)27-25-13-21(18-40(25)35-19-33-27)23-16-34-37(4)17-23/h5-8,13-19,21H,9-12H2,1-4H3/q+1/b36-26-/t21?,42-/m0/s1/i4D3. The van der Waals surface area contributed by atoms with Crippen LogP contribution in [0.3, 0.4) is 0 Å². The van der Waals surface area contributed by atoms with Gasteiger partial charge in [0.1, 0.15) is 16.8 Å². The summed E-state index contributed by atoms with van der Waals surface area (Å²) in [5.41, 5.74) is 2.40. The van der Waals surface area contributed by atoms with Gasteiger partial charge in [-0.3, -0.25) is 4.68 Å². The van der Waals surface area contributed by atoms with Gasteiger partial charge in [-0.1, -0.05) is 4.36 Å². The molecular formula is C29H32FN10OS+. The van der Waals surface area contributed by atoms with Crippen molar-refractivity contribution in [2.24, 2.45) is 11.4 Å². The van der Waals surface area contributed by atoms with Gasteiger partial charge < -0.3 is 9.80 Å². The van der Waals surface area contributed by atoms with Crippen molar-refractivity contribution in [2.45, 2.75) is 31.4 Å². The third-order valence-electron chi connectivity index (χ3n) is 7.05. The molecule has 0 N–H and O–H groups in total. The Labute approximate surface area is 249 Å². The minimum absolute atomic E-state index is 0.186. The fourth-order valence-electron chi connectivity index (χ4n) is 4.76. The summed E-state index contributed by atoms with van der Waals surface area (Å²) in [6.07, 6.45) is 11.8. The number of nitrogens with zero attached hydrogens (tertiary/aromatic N) is 10. The van der Waals surface area contributed by atoms with E-state index < -0.39 is 22.7 Å². The maximum Gasteiger partial charge on any atom is 0.277 e. The first-order valence-corrected chi connectivity index (χ1v) is 14.6. The minimum Gasteiger partial charge on any atom is -0.347 e. The van der Waals surface area contributed by atoms with Crippen LogP contribution in [0.2, 0.25) is 0 Å². The first kappa shape index (κ1) is 24.2. The van der Waals surface area contributed by atoms with E-state index in [4.69, 9.17) is 4.11 Å². The SMILES string of the molecule is [2H]C([2H])([2H])n1cc(C2C=c3c(N4CCN(c5ncc(/C(=N\[S@@](=O)C(C)(C)C)c6ccc(F)cc6)cn5)CC4)ncn[n+]3=C2)cn1. The molecule has 0 spiro atoms. The lowest BCUT2D eigenvalue weighted by atomic mass is 10.1. The Morgan fingerprint density at radius 1 is 1.05 bits per heavy atom. The number of aromatic nitrogens is 7. The Bertz CT molecular complexity index is 1880. The average molecular weight is 591 g/mol. The number of hydrogen-bond donors (Lipinski definition) is 0. The number of halogens is 1. The quantitative estimate of drug-likeness (QED) is 0.246. The average Bonchev–Trinajstić information content (AvgIpc) is 3.68. The highest BCUT2D eigenvalue weighted by molar-refractivity contribution is 7.85. The van der Waals surface area contributed by atoms with Crippen LogP contribution in [-0.4, -0.2) is 70.7 Å². The lowest BCUT2D eigenvalue weighted by molar-refractivity contribution is -0.589. The van der Waals surface area contributed by atoms with Crippen molar-refractivity contribution in [3.05, 3.63) is 89.5 Å². The third kappa shape index (κ3) is 5.69. The molecule has 11 nitrogen and oxygen atoms in total. The predicted octanol–water partition coefficient (Wildman–Crippen LogP) is 1.64. The topological polar surface area (TPSA) is 111 Å². The molecule has 0 radical (unpaired) electrons. The van der Waals surface area contributed by atoms with Crippen LogP contribution in [0.15, 0.2) is 59.8 Å². The summed E-state index contributed by atoms with van der Waals surface area (Å²) in [4.78, 5) is 18.0.